The van der Waals surface area contributed by atoms with Crippen molar-refractivity contribution in [2.75, 3.05) is 40.1 Å². The lowest BCUT2D eigenvalue weighted by atomic mass is 10.1. The highest BCUT2D eigenvalue weighted by Gasteiger charge is 2.06. The summed E-state index contributed by atoms with van der Waals surface area (Å²) in [5.74, 6) is 0. The third-order valence-electron chi connectivity index (χ3n) is 2.74. The highest BCUT2D eigenvalue weighted by Crippen LogP contribution is 1.97. The minimum atomic E-state index is 0.238. The number of methoxy groups -OCH3 is 1. The minimum Gasteiger partial charge on any atom is -0.382 e. The Morgan fingerprint density at radius 1 is 1.00 bits per heavy atom. The van der Waals surface area contributed by atoms with Crippen LogP contribution in [-0.4, -0.2) is 52.2 Å². The zero-order valence-corrected chi connectivity index (χ0v) is 11.8. The van der Waals surface area contributed by atoms with Crippen LogP contribution in [0.2, 0.25) is 0 Å². The third-order valence-corrected chi connectivity index (χ3v) is 2.74. The molecule has 0 bridgehead atoms. The molecule has 0 aliphatic rings. The van der Waals surface area contributed by atoms with Crippen molar-refractivity contribution in [3.63, 3.8) is 0 Å². The summed E-state index contributed by atoms with van der Waals surface area (Å²) in [4.78, 5) is 0. The first kappa shape index (κ1) is 16.8. The smallest absolute Gasteiger partial charge is 0.0704 e. The fraction of sp³-hybridized carbons (Fsp3) is 1.00. The molecule has 0 aromatic heterocycles. The van der Waals surface area contributed by atoms with Gasteiger partial charge in [-0.2, -0.15) is 0 Å². The molecule has 0 fully saturated rings. The Labute approximate surface area is 106 Å². The van der Waals surface area contributed by atoms with E-state index in [1.54, 1.807) is 7.11 Å². The molecule has 0 rings (SSSR count). The van der Waals surface area contributed by atoms with Gasteiger partial charge in [0.25, 0.3) is 0 Å². The van der Waals surface area contributed by atoms with Gasteiger partial charge in [0.2, 0.25) is 0 Å². The molecule has 17 heavy (non-hydrogen) atoms. The number of hydrogen-bond donors (Lipinski definition) is 1. The number of rotatable bonds is 12. The summed E-state index contributed by atoms with van der Waals surface area (Å²) >= 11 is 0. The second-order valence-corrected chi connectivity index (χ2v) is 4.21. The van der Waals surface area contributed by atoms with Crippen molar-refractivity contribution in [3.8, 4) is 0 Å². The molecule has 0 aliphatic carbocycles. The monoisotopic (exact) mass is 247 g/mol. The molecule has 0 aromatic rings. The molecule has 1 atom stereocenters. The van der Waals surface area contributed by atoms with E-state index in [2.05, 4.69) is 26.1 Å². The van der Waals surface area contributed by atoms with Crippen molar-refractivity contribution in [3.05, 3.63) is 0 Å². The molecule has 0 amide bonds. The molecular formula is C13H29NO3. The Kier molecular flexibility index (Phi) is 12.2. The van der Waals surface area contributed by atoms with Crippen LogP contribution in [0.1, 0.15) is 33.6 Å². The SMILES string of the molecule is CCC(CC)NCC(C)OCCOCCOC. The fourth-order valence-electron chi connectivity index (χ4n) is 1.52. The first-order valence-electron chi connectivity index (χ1n) is 6.66. The van der Waals surface area contributed by atoms with Crippen molar-refractivity contribution in [1.82, 2.24) is 5.32 Å². The highest BCUT2D eigenvalue weighted by atomic mass is 16.5. The van der Waals surface area contributed by atoms with Gasteiger partial charge < -0.3 is 19.5 Å². The van der Waals surface area contributed by atoms with Crippen LogP contribution >= 0.6 is 0 Å². The van der Waals surface area contributed by atoms with Crippen molar-refractivity contribution in [1.29, 1.82) is 0 Å². The van der Waals surface area contributed by atoms with Crippen LogP contribution < -0.4 is 5.32 Å². The molecule has 1 N–H and O–H groups in total. The van der Waals surface area contributed by atoms with Gasteiger partial charge in [0.1, 0.15) is 0 Å². The standard InChI is InChI=1S/C13H29NO3/c1-5-13(6-2)14-11-12(3)17-10-9-16-8-7-15-4/h12-14H,5-11H2,1-4H3. The Balaban J connectivity index is 3.30. The van der Waals surface area contributed by atoms with Crippen LogP contribution in [0.5, 0.6) is 0 Å². The first-order chi connectivity index (χ1) is 8.24. The van der Waals surface area contributed by atoms with E-state index < -0.39 is 0 Å². The van der Waals surface area contributed by atoms with Crippen molar-refractivity contribution < 1.29 is 14.2 Å². The maximum atomic E-state index is 5.63. The number of ether oxygens (including phenoxy) is 3. The zero-order chi connectivity index (χ0) is 12.9. The van der Waals surface area contributed by atoms with Gasteiger partial charge in [-0.25, -0.2) is 0 Å². The summed E-state index contributed by atoms with van der Waals surface area (Å²) in [5.41, 5.74) is 0. The second kappa shape index (κ2) is 12.3. The average molecular weight is 247 g/mol. The Morgan fingerprint density at radius 2 is 1.65 bits per heavy atom. The van der Waals surface area contributed by atoms with Crippen LogP contribution in [0.25, 0.3) is 0 Å². The zero-order valence-electron chi connectivity index (χ0n) is 11.8. The highest BCUT2D eigenvalue weighted by molar-refractivity contribution is 4.64. The van der Waals surface area contributed by atoms with Gasteiger partial charge in [-0.05, 0) is 19.8 Å². The Bertz CT molecular complexity index is 152. The molecule has 0 heterocycles. The predicted octanol–water partition coefficient (Wildman–Crippen LogP) is 1.83. The van der Waals surface area contributed by atoms with Crippen LogP contribution in [-0.2, 0) is 14.2 Å². The van der Waals surface area contributed by atoms with Gasteiger partial charge in [0, 0.05) is 19.7 Å². The molecule has 0 aliphatic heterocycles. The van der Waals surface area contributed by atoms with E-state index in [1.165, 1.54) is 12.8 Å². The van der Waals surface area contributed by atoms with E-state index >= 15 is 0 Å². The van der Waals surface area contributed by atoms with Crippen LogP contribution in [0, 0.1) is 0 Å². The van der Waals surface area contributed by atoms with Crippen LogP contribution in [0.15, 0.2) is 0 Å². The molecule has 0 radical (unpaired) electrons. The molecule has 0 spiro atoms. The predicted molar refractivity (Wildman–Crippen MR) is 70.5 cm³/mol. The average Bonchev–Trinajstić information content (AvgIpc) is 2.35. The summed E-state index contributed by atoms with van der Waals surface area (Å²) in [7, 11) is 1.67. The molecule has 0 saturated carbocycles. The van der Waals surface area contributed by atoms with Gasteiger partial charge in [-0.3, -0.25) is 0 Å². The van der Waals surface area contributed by atoms with Crippen molar-refractivity contribution in [2.45, 2.75) is 45.8 Å². The summed E-state index contributed by atoms with van der Waals surface area (Å²) in [6.07, 6.45) is 2.58. The lowest BCUT2D eigenvalue weighted by Gasteiger charge is -2.19. The summed E-state index contributed by atoms with van der Waals surface area (Å²) in [6, 6.07) is 0.610. The summed E-state index contributed by atoms with van der Waals surface area (Å²) < 4.78 is 15.8. The van der Waals surface area contributed by atoms with Gasteiger partial charge in [-0.15, -0.1) is 0 Å². The number of nitrogens with one attached hydrogen (secondary N) is 1. The number of hydrogen-bond acceptors (Lipinski definition) is 4. The van der Waals surface area contributed by atoms with Gasteiger partial charge in [0.05, 0.1) is 32.5 Å². The van der Waals surface area contributed by atoms with E-state index in [-0.39, 0.29) is 6.10 Å². The van der Waals surface area contributed by atoms with E-state index in [1.807, 2.05) is 0 Å². The normalized spacial score (nSPS) is 13.2. The van der Waals surface area contributed by atoms with Crippen molar-refractivity contribution in [2.24, 2.45) is 0 Å². The van der Waals surface area contributed by atoms with E-state index in [9.17, 15) is 0 Å². The molecular weight excluding hydrogens is 218 g/mol. The Morgan fingerprint density at radius 3 is 2.24 bits per heavy atom. The first-order valence-corrected chi connectivity index (χ1v) is 6.66. The minimum absolute atomic E-state index is 0.238. The quantitative estimate of drug-likeness (QED) is 0.534. The fourth-order valence-corrected chi connectivity index (χ4v) is 1.52. The van der Waals surface area contributed by atoms with Crippen molar-refractivity contribution >= 4 is 0 Å². The van der Waals surface area contributed by atoms with Gasteiger partial charge >= 0.3 is 0 Å². The van der Waals surface area contributed by atoms with Crippen LogP contribution in [0.4, 0.5) is 0 Å². The maximum Gasteiger partial charge on any atom is 0.0704 e. The van der Waals surface area contributed by atoms with E-state index in [0.29, 0.717) is 32.5 Å². The van der Waals surface area contributed by atoms with Gasteiger partial charge in [-0.1, -0.05) is 13.8 Å². The van der Waals surface area contributed by atoms with Gasteiger partial charge in [0.15, 0.2) is 0 Å². The summed E-state index contributed by atoms with van der Waals surface area (Å²) in [5, 5.41) is 3.49. The van der Waals surface area contributed by atoms with E-state index in [0.717, 1.165) is 6.54 Å². The summed E-state index contributed by atoms with van der Waals surface area (Å²) in [6.45, 7) is 9.97. The maximum absolute atomic E-state index is 5.63. The van der Waals surface area contributed by atoms with Crippen LogP contribution in [0.3, 0.4) is 0 Å². The Hall–Kier alpha value is -0.160. The molecule has 4 nitrogen and oxygen atoms in total. The molecule has 0 saturated heterocycles. The molecule has 0 aromatic carbocycles. The third kappa shape index (κ3) is 10.7. The molecule has 4 heteroatoms. The largest absolute Gasteiger partial charge is 0.382 e. The topological polar surface area (TPSA) is 39.7 Å². The lowest BCUT2D eigenvalue weighted by Crippen LogP contribution is -2.35. The second-order valence-electron chi connectivity index (χ2n) is 4.21. The molecule has 1 unspecified atom stereocenters. The van der Waals surface area contributed by atoms with E-state index in [4.69, 9.17) is 14.2 Å². The lowest BCUT2D eigenvalue weighted by molar-refractivity contribution is -0.000672. The molecule has 104 valence electrons.